The third-order valence-corrected chi connectivity index (χ3v) is 3.59. The molecule has 0 fully saturated rings. The highest BCUT2D eigenvalue weighted by molar-refractivity contribution is 6.01. The summed E-state index contributed by atoms with van der Waals surface area (Å²) in [6, 6.07) is 9.32. The number of ether oxygens (including phenoxy) is 1. The van der Waals surface area contributed by atoms with Gasteiger partial charge in [-0.15, -0.1) is 0 Å². The number of nitrogens with zero attached hydrogens (tertiary/aromatic N) is 3. The van der Waals surface area contributed by atoms with Gasteiger partial charge in [0.25, 0.3) is 11.6 Å². The van der Waals surface area contributed by atoms with Crippen molar-refractivity contribution in [3.05, 3.63) is 69.8 Å². The van der Waals surface area contributed by atoms with Crippen LogP contribution in [0.15, 0.2) is 47.0 Å². The second-order valence-electron chi connectivity index (χ2n) is 5.59. The maximum absolute atomic E-state index is 12.1. The molecule has 0 aliphatic heterocycles. The summed E-state index contributed by atoms with van der Waals surface area (Å²) in [6.07, 6.45) is 1.71. The van der Waals surface area contributed by atoms with Crippen molar-refractivity contribution >= 4 is 17.4 Å². The summed E-state index contributed by atoms with van der Waals surface area (Å²) in [7, 11) is 1.75. The van der Waals surface area contributed by atoms with Crippen molar-refractivity contribution in [3.8, 4) is 5.75 Å². The molecule has 3 aromatic rings. The van der Waals surface area contributed by atoms with Crippen LogP contribution in [0.3, 0.4) is 0 Å². The van der Waals surface area contributed by atoms with E-state index >= 15 is 0 Å². The summed E-state index contributed by atoms with van der Waals surface area (Å²) in [5.74, 6) is 1.07. The Morgan fingerprint density at radius 2 is 2.15 bits per heavy atom. The van der Waals surface area contributed by atoms with Crippen LogP contribution in [-0.4, -0.2) is 20.6 Å². The number of nitrogens with one attached hydrogen (secondary N) is 1. The maximum Gasteiger partial charge on any atom is 0.292 e. The van der Waals surface area contributed by atoms with Gasteiger partial charge in [-0.1, -0.05) is 0 Å². The van der Waals surface area contributed by atoms with Crippen molar-refractivity contribution < 1.29 is 18.9 Å². The smallest absolute Gasteiger partial charge is 0.292 e. The number of aromatic nitrogens is 2. The Balaban J connectivity index is 1.61. The highest BCUT2D eigenvalue weighted by Gasteiger charge is 2.14. The van der Waals surface area contributed by atoms with Gasteiger partial charge in [-0.2, -0.15) is 5.10 Å². The predicted octanol–water partition coefficient (Wildman–Crippen LogP) is 3.06. The van der Waals surface area contributed by atoms with Crippen LogP contribution in [0.2, 0.25) is 0 Å². The first-order valence-electron chi connectivity index (χ1n) is 7.70. The second kappa shape index (κ2) is 7.09. The van der Waals surface area contributed by atoms with Crippen molar-refractivity contribution in [2.45, 2.75) is 13.5 Å². The maximum atomic E-state index is 12.1. The van der Waals surface area contributed by atoms with Gasteiger partial charge in [-0.3, -0.25) is 19.6 Å². The van der Waals surface area contributed by atoms with Crippen LogP contribution in [0, 0.1) is 17.0 Å². The van der Waals surface area contributed by atoms with Crippen LogP contribution in [-0.2, 0) is 13.7 Å². The number of nitro benzene ring substituents is 1. The SMILES string of the molecule is Cc1cc(OCc2ccc(C(=O)Nc3ccn(C)n3)o2)ccc1[N+](=O)[O-]. The van der Waals surface area contributed by atoms with E-state index in [0.29, 0.717) is 22.9 Å². The minimum Gasteiger partial charge on any atom is -0.486 e. The van der Waals surface area contributed by atoms with Gasteiger partial charge in [0.05, 0.1) is 4.92 Å². The first kappa shape index (κ1) is 17.2. The molecule has 0 unspecified atom stereocenters. The van der Waals surface area contributed by atoms with E-state index in [2.05, 4.69) is 10.4 Å². The minimum atomic E-state index is -0.446. The molecule has 0 spiro atoms. The molecule has 0 radical (unpaired) electrons. The van der Waals surface area contributed by atoms with Crippen molar-refractivity contribution in [1.29, 1.82) is 0 Å². The Bertz CT molecular complexity index is 960. The Morgan fingerprint density at radius 1 is 1.35 bits per heavy atom. The molecule has 0 bridgehead atoms. The van der Waals surface area contributed by atoms with E-state index in [9.17, 15) is 14.9 Å². The molecule has 1 amide bonds. The summed E-state index contributed by atoms with van der Waals surface area (Å²) in [5.41, 5.74) is 0.534. The molecule has 26 heavy (non-hydrogen) atoms. The minimum absolute atomic E-state index is 0.0313. The number of furan rings is 1. The van der Waals surface area contributed by atoms with Crippen molar-refractivity contribution in [3.63, 3.8) is 0 Å². The van der Waals surface area contributed by atoms with E-state index in [0.717, 1.165) is 0 Å². The van der Waals surface area contributed by atoms with Gasteiger partial charge in [-0.05, 0) is 31.2 Å². The summed E-state index contributed by atoms with van der Waals surface area (Å²) < 4.78 is 12.6. The van der Waals surface area contributed by atoms with Gasteiger partial charge in [-0.25, -0.2) is 0 Å². The van der Waals surface area contributed by atoms with Crippen LogP contribution < -0.4 is 10.1 Å². The summed E-state index contributed by atoms with van der Waals surface area (Å²) >= 11 is 0. The Hall–Kier alpha value is -3.62. The van der Waals surface area contributed by atoms with E-state index in [1.807, 2.05) is 0 Å². The first-order valence-corrected chi connectivity index (χ1v) is 7.70. The van der Waals surface area contributed by atoms with Crippen LogP contribution in [0.4, 0.5) is 11.5 Å². The van der Waals surface area contributed by atoms with E-state index < -0.39 is 10.8 Å². The Labute approximate surface area is 148 Å². The molecule has 0 aliphatic carbocycles. The number of amides is 1. The average molecular weight is 356 g/mol. The largest absolute Gasteiger partial charge is 0.486 e. The molecular weight excluding hydrogens is 340 g/mol. The average Bonchev–Trinajstić information content (AvgIpc) is 3.22. The topological polar surface area (TPSA) is 112 Å². The van der Waals surface area contributed by atoms with Crippen molar-refractivity contribution in [2.75, 3.05) is 5.32 Å². The summed E-state index contributed by atoms with van der Waals surface area (Å²) in [6.45, 7) is 1.73. The van der Waals surface area contributed by atoms with Gasteiger partial charge in [0, 0.05) is 30.9 Å². The fourth-order valence-electron chi connectivity index (χ4n) is 2.31. The van der Waals surface area contributed by atoms with Crippen LogP contribution in [0.5, 0.6) is 5.75 Å². The number of aryl methyl sites for hydroxylation is 2. The number of hydrogen-bond donors (Lipinski definition) is 1. The number of hydrogen-bond acceptors (Lipinski definition) is 6. The monoisotopic (exact) mass is 356 g/mol. The number of nitro groups is 1. The zero-order valence-electron chi connectivity index (χ0n) is 14.1. The van der Waals surface area contributed by atoms with Crippen molar-refractivity contribution in [2.24, 2.45) is 7.05 Å². The number of anilines is 1. The van der Waals surface area contributed by atoms with Gasteiger partial charge in [0.15, 0.2) is 11.6 Å². The van der Waals surface area contributed by atoms with Crippen LogP contribution in [0.1, 0.15) is 21.9 Å². The standard InChI is InChI=1S/C17H16N4O5/c1-11-9-12(3-5-14(11)21(23)24)25-10-13-4-6-15(26-13)17(22)18-16-7-8-20(2)19-16/h3-9H,10H2,1-2H3,(H,18,19,22). The van der Waals surface area contributed by atoms with E-state index in [1.54, 1.807) is 43.0 Å². The second-order valence-corrected chi connectivity index (χ2v) is 5.59. The molecule has 0 saturated carbocycles. The molecule has 134 valence electrons. The zero-order chi connectivity index (χ0) is 18.7. The number of carbonyl (C=O) groups excluding carboxylic acids is 1. The number of rotatable bonds is 6. The normalized spacial score (nSPS) is 10.5. The van der Waals surface area contributed by atoms with Gasteiger partial charge in [0.2, 0.25) is 0 Å². The molecule has 0 atom stereocenters. The molecule has 9 nitrogen and oxygen atoms in total. The highest BCUT2D eigenvalue weighted by atomic mass is 16.6. The first-order chi connectivity index (χ1) is 12.4. The molecule has 1 N–H and O–H groups in total. The van der Waals surface area contributed by atoms with Crippen LogP contribution in [0.25, 0.3) is 0 Å². The molecule has 1 aromatic carbocycles. The Morgan fingerprint density at radius 3 is 2.81 bits per heavy atom. The lowest BCUT2D eigenvalue weighted by atomic mass is 10.2. The molecule has 2 heterocycles. The lowest BCUT2D eigenvalue weighted by Crippen LogP contribution is -2.11. The summed E-state index contributed by atoms with van der Waals surface area (Å²) in [5, 5.41) is 17.5. The fraction of sp³-hybridized carbons (Fsp3) is 0.176. The third kappa shape index (κ3) is 3.89. The van der Waals surface area contributed by atoms with E-state index in [1.165, 1.54) is 18.2 Å². The Kier molecular flexibility index (Phi) is 4.70. The summed E-state index contributed by atoms with van der Waals surface area (Å²) in [4.78, 5) is 22.5. The molecule has 3 rings (SSSR count). The van der Waals surface area contributed by atoms with E-state index in [4.69, 9.17) is 9.15 Å². The number of carbonyl (C=O) groups is 1. The lowest BCUT2D eigenvalue weighted by molar-refractivity contribution is -0.385. The molecule has 0 aliphatic rings. The third-order valence-electron chi connectivity index (χ3n) is 3.59. The zero-order valence-corrected chi connectivity index (χ0v) is 14.1. The van der Waals surface area contributed by atoms with Gasteiger partial charge >= 0.3 is 0 Å². The highest BCUT2D eigenvalue weighted by Crippen LogP contribution is 2.24. The van der Waals surface area contributed by atoms with Crippen molar-refractivity contribution in [1.82, 2.24) is 9.78 Å². The lowest BCUT2D eigenvalue weighted by Gasteiger charge is -2.05. The number of benzene rings is 1. The van der Waals surface area contributed by atoms with Gasteiger partial charge < -0.3 is 14.5 Å². The van der Waals surface area contributed by atoms with Gasteiger partial charge in [0.1, 0.15) is 18.1 Å². The van der Waals surface area contributed by atoms with E-state index in [-0.39, 0.29) is 18.1 Å². The fourth-order valence-corrected chi connectivity index (χ4v) is 2.31. The molecule has 9 heteroatoms. The molecule has 0 saturated heterocycles. The quantitative estimate of drug-likeness (QED) is 0.536. The molecular formula is C17H16N4O5. The predicted molar refractivity (Wildman–Crippen MR) is 92.0 cm³/mol. The van der Waals surface area contributed by atoms with Crippen LogP contribution >= 0.6 is 0 Å². The molecule has 2 aromatic heterocycles.